The first-order valence-corrected chi connectivity index (χ1v) is 17.0. The van der Waals surface area contributed by atoms with Crippen molar-refractivity contribution in [3.05, 3.63) is 107 Å². The summed E-state index contributed by atoms with van der Waals surface area (Å²) in [6.07, 6.45) is 1.68. The average molecular weight is 664 g/mol. The lowest BCUT2D eigenvalue weighted by atomic mass is 9.94. The summed E-state index contributed by atoms with van der Waals surface area (Å²) in [7, 11) is 1.62. The maximum absolute atomic E-state index is 13.8. The molecule has 0 spiro atoms. The Labute approximate surface area is 285 Å². The first-order valence-electron chi connectivity index (χ1n) is 17.0. The maximum atomic E-state index is 13.8. The van der Waals surface area contributed by atoms with E-state index in [1.165, 1.54) is 20.9 Å². The fraction of sp³-hybridized carbons (Fsp3) is 0.395. The zero-order valence-electron chi connectivity index (χ0n) is 27.4. The number of rotatable bonds is 10. The van der Waals surface area contributed by atoms with Crippen molar-refractivity contribution < 1.29 is 29.1 Å². The first kappa shape index (κ1) is 32.5. The van der Waals surface area contributed by atoms with Crippen LogP contribution in [0.3, 0.4) is 0 Å². The number of carbonyl (C=O) groups excluding carboxylic acids is 4. The molecule has 49 heavy (non-hydrogen) atoms. The van der Waals surface area contributed by atoms with Crippen LogP contribution in [0.15, 0.2) is 84.9 Å². The minimum absolute atomic E-state index is 0.000219. The third-order valence-electron chi connectivity index (χ3n) is 10.5. The van der Waals surface area contributed by atoms with E-state index in [4.69, 9.17) is 0 Å². The van der Waals surface area contributed by atoms with Crippen LogP contribution in [0.2, 0.25) is 0 Å². The standard InChI is InChI=1S/C38H41N5O6/c1-41-22-34(44)42(21-33(41)38(48)49)18-23-12-14-26(15-13-23)37(47)43-19-29(35(45)39-31-16-27(31)24-8-4-2-5-9-24)30(20-43)36(46)40-32-17-28(32)25-10-6-3-7-11-25/h2-15,27-33H,16-22H2,1H3,(H,39,45)(H,40,46)(H,48,49)/t27-,28-,29-,30-,31+,32+,33-/m1/s1. The van der Waals surface area contributed by atoms with Crippen molar-refractivity contribution in [2.45, 2.75) is 49.3 Å². The van der Waals surface area contributed by atoms with Gasteiger partial charge in [0, 0.05) is 55.7 Å². The number of amides is 4. The van der Waals surface area contributed by atoms with Crippen molar-refractivity contribution in [3.8, 4) is 0 Å². The molecule has 11 heteroatoms. The van der Waals surface area contributed by atoms with Crippen LogP contribution >= 0.6 is 0 Å². The number of carboxylic acid groups (broad SMARTS) is 1. The van der Waals surface area contributed by atoms with Gasteiger partial charge in [-0.15, -0.1) is 0 Å². The molecule has 3 aromatic carbocycles. The quantitative estimate of drug-likeness (QED) is 0.303. The van der Waals surface area contributed by atoms with Crippen LogP contribution < -0.4 is 10.6 Å². The van der Waals surface area contributed by atoms with E-state index in [1.807, 2.05) is 36.4 Å². The van der Waals surface area contributed by atoms with Crippen molar-refractivity contribution in [2.75, 3.05) is 33.2 Å². The predicted octanol–water partition coefficient (Wildman–Crippen LogP) is 2.45. The van der Waals surface area contributed by atoms with E-state index in [0.29, 0.717) is 5.56 Å². The molecule has 3 N–H and O–H groups in total. The molecule has 2 aliphatic heterocycles. The summed E-state index contributed by atoms with van der Waals surface area (Å²) < 4.78 is 0. The number of hydrogen-bond acceptors (Lipinski definition) is 6. The van der Waals surface area contributed by atoms with Gasteiger partial charge in [0.15, 0.2) is 0 Å². The fourth-order valence-corrected chi connectivity index (χ4v) is 7.38. The van der Waals surface area contributed by atoms with Crippen molar-refractivity contribution in [1.82, 2.24) is 25.3 Å². The van der Waals surface area contributed by atoms with E-state index in [1.54, 1.807) is 36.2 Å². The van der Waals surface area contributed by atoms with E-state index in [9.17, 15) is 29.1 Å². The van der Waals surface area contributed by atoms with Crippen molar-refractivity contribution in [2.24, 2.45) is 11.8 Å². The molecule has 0 bridgehead atoms. The molecule has 7 rings (SSSR count). The summed E-state index contributed by atoms with van der Waals surface area (Å²) in [5, 5.41) is 15.9. The Morgan fingerprint density at radius 1 is 0.735 bits per heavy atom. The van der Waals surface area contributed by atoms with Crippen molar-refractivity contribution in [3.63, 3.8) is 0 Å². The summed E-state index contributed by atoms with van der Waals surface area (Å²) >= 11 is 0. The molecule has 4 fully saturated rings. The summed E-state index contributed by atoms with van der Waals surface area (Å²) in [5.41, 5.74) is 3.53. The molecule has 4 amide bonds. The molecule has 3 aromatic rings. The lowest BCUT2D eigenvalue weighted by Gasteiger charge is -2.36. The molecule has 0 radical (unpaired) electrons. The van der Waals surface area contributed by atoms with Gasteiger partial charge < -0.3 is 25.5 Å². The van der Waals surface area contributed by atoms with Crippen LogP contribution in [0.1, 0.15) is 51.7 Å². The molecule has 0 unspecified atom stereocenters. The summed E-state index contributed by atoms with van der Waals surface area (Å²) in [6.45, 7) is 0.591. The molecule has 4 aliphatic rings. The van der Waals surface area contributed by atoms with Crippen LogP contribution in [0, 0.1) is 11.8 Å². The molecular formula is C38H41N5O6. The number of carboxylic acids is 1. The minimum Gasteiger partial charge on any atom is -0.480 e. The van der Waals surface area contributed by atoms with Gasteiger partial charge in [-0.1, -0.05) is 72.8 Å². The average Bonchev–Trinajstić information content (AvgIpc) is 4.01. The summed E-state index contributed by atoms with van der Waals surface area (Å²) in [6, 6.07) is 26.2. The Hall–Kier alpha value is -5.03. The van der Waals surface area contributed by atoms with Gasteiger partial charge in [-0.2, -0.15) is 0 Å². The number of aliphatic carboxylic acids is 1. The van der Waals surface area contributed by atoms with Crippen LogP contribution in [-0.4, -0.2) is 101 Å². The van der Waals surface area contributed by atoms with Crippen LogP contribution in [-0.2, 0) is 25.7 Å². The van der Waals surface area contributed by atoms with E-state index in [2.05, 4.69) is 34.9 Å². The number of carbonyl (C=O) groups is 5. The number of likely N-dealkylation sites (tertiary alicyclic amines) is 1. The molecule has 254 valence electrons. The second kappa shape index (κ2) is 13.5. The summed E-state index contributed by atoms with van der Waals surface area (Å²) in [4.78, 5) is 70.1. The molecule has 2 heterocycles. The van der Waals surface area contributed by atoms with Gasteiger partial charge in [0.1, 0.15) is 6.04 Å². The highest BCUT2D eigenvalue weighted by molar-refractivity contribution is 5.97. The van der Waals surface area contributed by atoms with Gasteiger partial charge in [-0.25, -0.2) is 0 Å². The largest absolute Gasteiger partial charge is 0.480 e. The maximum Gasteiger partial charge on any atom is 0.322 e. The van der Waals surface area contributed by atoms with Gasteiger partial charge in [0.25, 0.3) is 5.91 Å². The number of nitrogens with one attached hydrogen (secondary N) is 2. The lowest BCUT2D eigenvalue weighted by molar-refractivity contribution is -0.151. The van der Waals surface area contributed by atoms with Gasteiger partial charge in [0.2, 0.25) is 17.7 Å². The predicted molar refractivity (Wildman–Crippen MR) is 180 cm³/mol. The molecule has 2 saturated heterocycles. The van der Waals surface area contributed by atoms with E-state index in [-0.39, 0.29) is 80.3 Å². The SMILES string of the molecule is CN1CC(=O)N(Cc2ccc(C(=O)N3C[C@@H](C(=O)N[C@H]4C[C@@H]4c4ccccc4)[C@H](C(=O)N[C@H]4C[C@@H]4c4ccccc4)C3)cc2)C[C@@H]1C(=O)O. The smallest absolute Gasteiger partial charge is 0.322 e. The highest BCUT2D eigenvalue weighted by Gasteiger charge is 2.49. The van der Waals surface area contributed by atoms with Crippen LogP contribution in [0.25, 0.3) is 0 Å². The van der Waals surface area contributed by atoms with Gasteiger partial charge in [-0.05, 0) is 48.7 Å². The van der Waals surface area contributed by atoms with Gasteiger partial charge in [0.05, 0.1) is 18.4 Å². The first-order chi connectivity index (χ1) is 23.7. The van der Waals surface area contributed by atoms with Crippen molar-refractivity contribution >= 4 is 29.6 Å². The Morgan fingerprint density at radius 2 is 1.24 bits per heavy atom. The highest BCUT2D eigenvalue weighted by Crippen LogP contribution is 2.42. The number of piperazine rings is 1. The summed E-state index contributed by atoms with van der Waals surface area (Å²) in [5.74, 6) is -2.71. The minimum atomic E-state index is -0.980. The Bertz CT molecular complexity index is 1660. The van der Waals surface area contributed by atoms with Crippen molar-refractivity contribution in [1.29, 1.82) is 0 Å². The second-order valence-corrected chi connectivity index (χ2v) is 13.9. The molecule has 2 aliphatic carbocycles. The zero-order chi connectivity index (χ0) is 34.2. The molecule has 11 nitrogen and oxygen atoms in total. The number of nitrogens with zero attached hydrogens (tertiary/aromatic N) is 3. The highest BCUT2D eigenvalue weighted by atomic mass is 16.4. The second-order valence-electron chi connectivity index (χ2n) is 13.9. The van der Waals surface area contributed by atoms with Crippen LogP contribution in [0.4, 0.5) is 0 Å². The molecule has 7 atom stereocenters. The van der Waals surface area contributed by atoms with Gasteiger partial charge >= 0.3 is 5.97 Å². The van der Waals surface area contributed by atoms with E-state index in [0.717, 1.165) is 18.4 Å². The number of benzene rings is 3. The van der Waals surface area contributed by atoms with E-state index < -0.39 is 23.8 Å². The third kappa shape index (κ3) is 7.07. The molecule has 2 saturated carbocycles. The normalized spacial score (nSPS) is 27.8. The van der Waals surface area contributed by atoms with E-state index >= 15 is 0 Å². The molecule has 0 aromatic heterocycles. The zero-order valence-corrected chi connectivity index (χ0v) is 27.4. The van der Waals surface area contributed by atoms with Gasteiger partial charge in [-0.3, -0.25) is 28.9 Å². The number of likely N-dealkylation sites (N-methyl/N-ethyl adjacent to an activating group) is 1. The fourth-order valence-electron chi connectivity index (χ4n) is 7.38. The topological polar surface area (TPSA) is 139 Å². The monoisotopic (exact) mass is 663 g/mol. The Kier molecular flexibility index (Phi) is 8.94. The Balaban J connectivity index is 1.02. The third-order valence-corrected chi connectivity index (χ3v) is 10.5. The Morgan fingerprint density at radius 3 is 1.73 bits per heavy atom. The van der Waals surface area contributed by atoms with Crippen LogP contribution in [0.5, 0.6) is 0 Å². The number of hydrogen-bond donors (Lipinski definition) is 3. The molecular weight excluding hydrogens is 622 g/mol. The lowest BCUT2D eigenvalue weighted by Crippen LogP contribution is -2.57.